The van der Waals surface area contributed by atoms with Gasteiger partial charge < -0.3 is 9.13 Å². The first kappa shape index (κ1) is 32.5. The molecule has 3 aromatic heterocycles. The van der Waals surface area contributed by atoms with Gasteiger partial charge in [-0.1, -0.05) is 99.9 Å². The minimum absolute atomic E-state index is 0. The van der Waals surface area contributed by atoms with Crippen LogP contribution in [0.25, 0.3) is 44.7 Å². The standard InChI is InChI=1S/C44H36N4.Pt/c1-43(2,32-15-7-5-8-16-32)35-24-25-45-41(30-35)48-39-21-12-11-20-37(39)38-23-22-34(29-40(38)48)44(3,4)33-17-13-14-31(28-33)42-46-26-27-47(42)36-18-9-6-10-19-36;/h5-27,30H,1-4H3;/q-2;+2. The van der Waals surface area contributed by atoms with Crippen LogP contribution in [0.5, 0.6) is 0 Å². The third-order valence-corrected chi connectivity index (χ3v) is 9.83. The molecule has 0 spiro atoms. The van der Waals surface area contributed by atoms with E-state index in [2.05, 4.69) is 158 Å². The number of nitrogens with zero attached hydrogens (tertiary/aromatic N) is 4. The second-order valence-corrected chi connectivity index (χ2v) is 13.4. The van der Waals surface area contributed by atoms with E-state index in [9.17, 15) is 0 Å². The van der Waals surface area contributed by atoms with Gasteiger partial charge in [0.2, 0.25) is 0 Å². The summed E-state index contributed by atoms with van der Waals surface area (Å²) in [6.45, 7) is 9.05. The van der Waals surface area contributed by atoms with Crippen molar-refractivity contribution >= 4 is 21.8 Å². The van der Waals surface area contributed by atoms with Crippen LogP contribution in [0.3, 0.4) is 0 Å². The molecule has 0 saturated carbocycles. The molecule has 8 rings (SSSR count). The fourth-order valence-corrected chi connectivity index (χ4v) is 6.85. The zero-order chi connectivity index (χ0) is 32.9. The number of hydrogen-bond donors (Lipinski definition) is 0. The van der Waals surface area contributed by atoms with Gasteiger partial charge in [-0.2, -0.15) is 23.8 Å². The van der Waals surface area contributed by atoms with Crippen molar-refractivity contribution in [2.75, 3.05) is 0 Å². The summed E-state index contributed by atoms with van der Waals surface area (Å²) in [6.07, 6.45) is 5.78. The normalized spacial score (nSPS) is 11.9. The van der Waals surface area contributed by atoms with Crippen LogP contribution in [0.1, 0.15) is 49.9 Å². The Hall–Kier alpha value is -5.05. The first-order chi connectivity index (χ1) is 23.3. The van der Waals surface area contributed by atoms with Gasteiger partial charge in [-0.15, -0.1) is 40.8 Å². The van der Waals surface area contributed by atoms with E-state index in [1.165, 1.54) is 16.5 Å². The van der Waals surface area contributed by atoms with Gasteiger partial charge in [-0.05, 0) is 52.3 Å². The molecule has 5 aromatic carbocycles. The first-order valence-electron chi connectivity index (χ1n) is 16.4. The molecule has 0 aliphatic carbocycles. The molecule has 0 radical (unpaired) electrons. The van der Waals surface area contributed by atoms with Crippen LogP contribution < -0.4 is 0 Å². The molecule has 0 bridgehead atoms. The number of benzene rings is 5. The average Bonchev–Trinajstić information content (AvgIpc) is 3.76. The average molecular weight is 816 g/mol. The van der Waals surface area contributed by atoms with Gasteiger partial charge in [0.25, 0.3) is 0 Å². The van der Waals surface area contributed by atoms with Gasteiger partial charge in [0.15, 0.2) is 0 Å². The Balaban J connectivity index is 0.00000378. The quantitative estimate of drug-likeness (QED) is 0.150. The molecule has 0 aliphatic heterocycles. The van der Waals surface area contributed by atoms with Crippen molar-refractivity contribution in [1.82, 2.24) is 19.1 Å². The number of para-hydroxylation sites is 2. The van der Waals surface area contributed by atoms with Crippen molar-refractivity contribution in [3.63, 3.8) is 0 Å². The molecular weight excluding hydrogens is 780 g/mol. The molecule has 0 atom stereocenters. The van der Waals surface area contributed by atoms with Gasteiger partial charge in [-0.3, -0.25) is 4.98 Å². The topological polar surface area (TPSA) is 35.6 Å². The van der Waals surface area contributed by atoms with E-state index in [-0.39, 0.29) is 31.9 Å². The van der Waals surface area contributed by atoms with Gasteiger partial charge >= 0.3 is 21.1 Å². The molecule has 0 unspecified atom stereocenters. The first-order valence-corrected chi connectivity index (χ1v) is 16.4. The number of imidazole rings is 1. The van der Waals surface area contributed by atoms with E-state index < -0.39 is 0 Å². The smallest absolute Gasteiger partial charge is 0.340 e. The second-order valence-electron chi connectivity index (χ2n) is 13.4. The Bertz CT molecular complexity index is 2400. The fourth-order valence-electron chi connectivity index (χ4n) is 6.85. The van der Waals surface area contributed by atoms with Gasteiger partial charge in [-0.25, -0.2) is 4.98 Å². The van der Waals surface area contributed by atoms with E-state index >= 15 is 0 Å². The van der Waals surface area contributed by atoms with Crippen LogP contribution in [-0.2, 0) is 31.9 Å². The summed E-state index contributed by atoms with van der Waals surface area (Å²) >= 11 is 0. The Labute approximate surface area is 302 Å². The van der Waals surface area contributed by atoms with Crippen molar-refractivity contribution < 1.29 is 21.1 Å². The second kappa shape index (κ2) is 12.8. The Morgan fingerprint density at radius 2 is 1.29 bits per heavy atom. The molecule has 4 nitrogen and oxygen atoms in total. The molecule has 242 valence electrons. The summed E-state index contributed by atoms with van der Waals surface area (Å²) in [7, 11) is 0. The predicted molar refractivity (Wildman–Crippen MR) is 196 cm³/mol. The maximum absolute atomic E-state index is 4.94. The van der Waals surface area contributed by atoms with Gasteiger partial charge in [0, 0.05) is 35.2 Å². The van der Waals surface area contributed by atoms with Crippen LogP contribution in [0, 0.1) is 12.1 Å². The molecule has 3 heterocycles. The van der Waals surface area contributed by atoms with Crippen molar-refractivity contribution in [2.45, 2.75) is 38.5 Å². The minimum atomic E-state index is -0.389. The SMILES string of the molecule is CC(C)(c1[c-]c(-c2nccn2-c2ccccc2)ccc1)c1[c-]c2c(cc1)c1ccccc1n2-c1cc(C(C)(C)c2ccccc2)ccn1.[Pt+2]. The third-order valence-electron chi connectivity index (χ3n) is 9.83. The van der Waals surface area contributed by atoms with E-state index in [0.29, 0.717) is 0 Å². The van der Waals surface area contributed by atoms with Gasteiger partial charge in [0.05, 0.1) is 5.82 Å². The molecule has 0 saturated heterocycles. The summed E-state index contributed by atoms with van der Waals surface area (Å²) in [6, 6.07) is 52.3. The maximum Gasteiger partial charge on any atom is 2.00 e. The van der Waals surface area contributed by atoms with E-state index in [1.54, 1.807) is 0 Å². The number of rotatable bonds is 7. The maximum atomic E-state index is 4.94. The van der Waals surface area contributed by atoms with E-state index in [1.807, 2.05) is 36.8 Å². The van der Waals surface area contributed by atoms with Crippen molar-refractivity contribution in [3.8, 4) is 22.9 Å². The monoisotopic (exact) mass is 815 g/mol. The Kier molecular flexibility index (Phi) is 8.46. The molecule has 0 amide bonds. The van der Waals surface area contributed by atoms with Crippen LogP contribution in [0.2, 0.25) is 0 Å². The van der Waals surface area contributed by atoms with Crippen molar-refractivity contribution in [2.24, 2.45) is 0 Å². The van der Waals surface area contributed by atoms with E-state index in [0.717, 1.165) is 50.4 Å². The predicted octanol–water partition coefficient (Wildman–Crippen LogP) is 10.3. The number of fused-ring (bicyclic) bond motifs is 3. The summed E-state index contributed by atoms with van der Waals surface area (Å²) in [5.74, 6) is 1.75. The van der Waals surface area contributed by atoms with Crippen LogP contribution in [0.15, 0.2) is 146 Å². The largest absolute Gasteiger partial charge is 2.00 e. The van der Waals surface area contributed by atoms with Crippen molar-refractivity contribution in [3.05, 3.63) is 180 Å². The molecule has 0 aliphatic rings. The molecule has 0 N–H and O–H groups in total. The number of pyridine rings is 1. The summed E-state index contributed by atoms with van der Waals surface area (Å²) < 4.78 is 4.38. The molecule has 0 fully saturated rings. The zero-order valence-electron chi connectivity index (χ0n) is 28.0. The van der Waals surface area contributed by atoms with E-state index in [4.69, 9.17) is 9.97 Å². The Morgan fingerprint density at radius 1 is 0.571 bits per heavy atom. The third kappa shape index (κ3) is 5.64. The van der Waals surface area contributed by atoms with Crippen LogP contribution >= 0.6 is 0 Å². The molecule has 8 aromatic rings. The summed E-state index contributed by atoms with van der Waals surface area (Å²) in [5, 5.41) is 2.34. The summed E-state index contributed by atoms with van der Waals surface area (Å²) in [4.78, 5) is 9.67. The molecular formula is C44H36N4Pt. The zero-order valence-corrected chi connectivity index (χ0v) is 30.2. The minimum Gasteiger partial charge on any atom is -0.340 e. The van der Waals surface area contributed by atoms with Crippen molar-refractivity contribution in [1.29, 1.82) is 0 Å². The summed E-state index contributed by atoms with van der Waals surface area (Å²) in [5.41, 5.74) is 8.20. The molecule has 5 heteroatoms. The fraction of sp³-hybridized carbons (Fsp3) is 0.136. The van der Waals surface area contributed by atoms with Crippen LogP contribution in [0.4, 0.5) is 0 Å². The molecule has 49 heavy (non-hydrogen) atoms. The number of hydrogen-bond acceptors (Lipinski definition) is 2. The number of aromatic nitrogens is 4. The van der Waals surface area contributed by atoms with Gasteiger partial charge in [0.1, 0.15) is 5.82 Å². The van der Waals surface area contributed by atoms with Crippen LogP contribution in [-0.4, -0.2) is 19.1 Å². The Morgan fingerprint density at radius 3 is 2.08 bits per heavy atom.